The van der Waals surface area contributed by atoms with Gasteiger partial charge in [0.25, 0.3) is 0 Å². The van der Waals surface area contributed by atoms with E-state index in [2.05, 4.69) is 25.2 Å². The summed E-state index contributed by atoms with van der Waals surface area (Å²) < 4.78 is 10.2. The highest BCUT2D eigenvalue weighted by molar-refractivity contribution is 6.48. The van der Waals surface area contributed by atoms with Gasteiger partial charge in [-0.1, -0.05) is 30.3 Å². The van der Waals surface area contributed by atoms with Crippen molar-refractivity contribution in [1.82, 2.24) is 0 Å². The maximum atomic E-state index is 5.18. The molecular weight excluding hydrogens is 220 g/mol. The normalized spacial score (nSPS) is 9.87. The molecule has 0 spiro atoms. The summed E-state index contributed by atoms with van der Waals surface area (Å²) in [5.41, 5.74) is 1.26. The third-order valence-corrected chi connectivity index (χ3v) is 2.94. The number of hydrogen-bond acceptors (Lipinski definition) is 2. The molecule has 0 aliphatic rings. The van der Waals surface area contributed by atoms with Crippen LogP contribution < -0.4 is 0 Å². The Bertz CT molecular complexity index is 227. The van der Waals surface area contributed by atoms with Crippen LogP contribution in [0.25, 0.3) is 0 Å². The molecule has 2 nitrogen and oxygen atoms in total. The summed E-state index contributed by atoms with van der Waals surface area (Å²) in [5, 5.41) is 0. The van der Waals surface area contributed by atoms with Gasteiger partial charge in [-0.05, 0) is 25.6 Å². The van der Waals surface area contributed by atoms with E-state index in [1.807, 2.05) is 25.1 Å². The van der Waals surface area contributed by atoms with E-state index in [-0.39, 0.29) is 0 Å². The Kier molecular flexibility index (Phi) is 9.82. The smallest absolute Gasteiger partial charge is 0.170 e. The molecule has 0 aromatic heterocycles. The SMILES string of the molecule is CCO[SiH](C)C.[SiH3]OCc1ccccc1. The molecule has 1 aromatic rings. The lowest BCUT2D eigenvalue weighted by molar-refractivity contribution is 0.338. The van der Waals surface area contributed by atoms with Gasteiger partial charge in [0.05, 0.1) is 6.61 Å². The zero-order valence-electron chi connectivity index (χ0n) is 10.2. The first kappa shape index (κ1) is 14.6. The van der Waals surface area contributed by atoms with E-state index in [0.29, 0.717) is 0 Å². The van der Waals surface area contributed by atoms with E-state index in [1.165, 1.54) is 5.56 Å². The standard InChI is InChI=1S/C7H10OSi.C4H12OSi/c9-8-6-7-4-2-1-3-5-7;1-4-5-6(2)3/h1-5H,6H2,9H3;6H,4H2,1-3H3. The van der Waals surface area contributed by atoms with Crippen LogP contribution in [0, 0.1) is 0 Å². The van der Waals surface area contributed by atoms with Crippen LogP contribution in [-0.4, -0.2) is 26.1 Å². The minimum atomic E-state index is -0.671. The molecule has 86 valence electrons. The Morgan fingerprint density at radius 2 is 1.80 bits per heavy atom. The second kappa shape index (κ2) is 10.1. The van der Waals surface area contributed by atoms with Gasteiger partial charge in [0.1, 0.15) is 10.5 Å². The highest BCUT2D eigenvalue weighted by atomic mass is 28.3. The van der Waals surface area contributed by atoms with E-state index in [0.717, 1.165) is 23.7 Å². The average Bonchev–Trinajstić information content (AvgIpc) is 2.20. The van der Waals surface area contributed by atoms with E-state index < -0.39 is 9.04 Å². The van der Waals surface area contributed by atoms with Crippen molar-refractivity contribution in [2.75, 3.05) is 6.61 Å². The van der Waals surface area contributed by atoms with Crippen LogP contribution in [0.15, 0.2) is 30.3 Å². The van der Waals surface area contributed by atoms with Gasteiger partial charge in [0.2, 0.25) is 0 Å². The third-order valence-electron chi connectivity index (χ3n) is 1.65. The van der Waals surface area contributed by atoms with Gasteiger partial charge < -0.3 is 8.85 Å². The predicted octanol–water partition coefficient (Wildman–Crippen LogP) is 1.49. The van der Waals surface area contributed by atoms with Crippen molar-refractivity contribution >= 4 is 19.5 Å². The predicted molar refractivity (Wildman–Crippen MR) is 71.7 cm³/mol. The van der Waals surface area contributed by atoms with Crippen LogP contribution in [0.5, 0.6) is 0 Å². The third kappa shape index (κ3) is 9.87. The molecule has 0 aliphatic carbocycles. The highest BCUT2D eigenvalue weighted by Crippen LogP contribution is 1.97. The maximum absolute atomic E-state index is 5.18. The van der Waals surface area contributed by atoms with Gasteiger partial charge in [0, 0.05) is 6.61 Å². The largest absolute Gasteiger partial charge is 0.424 e. The summed E-state index contributed by atoms with van der Waals surface area (Å²) in [4.78, 5) is 0. The Morgan fingerprint density at radius 1 is 1.20 bits per heavy atom. The van der Waals surface area contributed by atoms with Crippen LogP contribution in [-0.2, 0) is 15.5 Å². The molecule has 0 heterocycles. The molecule has 1 rings (SSSR count). The molecule has 0 radical (unpaired) electrons. The Labute approximate surface area is 97.9 Å². The zero-order chi connectivity index (χ0) is 11.5. The first-order valence-corrected chi connectivity index (χ1v) is 8.94. The number of benzene rings is 1. The van der Waals surface area contributed by atoms with Gasteiger partial charge in [0.15, 0.2) is 9.04 Å². The molecule has 0 fully saturated rings. The molecule has 0 amide bonds. The summed E-state index contributed by atoms with van der Waals surface area (Å²) in [7, 11) is 0.153. The lowest BCUT2D eigenvalue weighted by Gasteiger charge is -1.98. The Hall–Kier alpha value is -0.426. The Balaban J connectivity index is 0.000000288. The minimum Gasteiger partial charge on any atom is -0.424 e. The van der Waals surface area contributed by atoms with Crippen molar-refractivity contribution in [2.45, 2.75) is 26.6 Å². The van der Waals surface area contributed by atoms with Gasteiger partial charge in [-0.2, -0.15) is 0 Å². The van der Waals surface area contributed by atoms with Gasteiger partial charge in [-0.25, -0.2) is 0 Å². The topological polar surface area (TPSA) is 18.5 Å². The zero-order valence-corrected chi connectivity index (χ0v) is 13.3. The van der Waals surface area contributed by atoms with Crippen molar-refractivity contribution in [2.24, 2.45) is 0 Å². The van der Waals surface area contributed by atoms with Crippen LogP contribution >= 0.6 is 0 Å². The van der Waals surface area contributed by atoms with Crippen molar-refractivity contribution < 1.29 is 8.85 Å². The van der Waals surface area contributed by atoms with Crippen molar-refractivity contribution in [3.63, 3.8) is 0 Å². The van der Waals surface area contributed by atoms with E-state index in [4.69, 9.17) is 8.85 Å². The van der Waals surface area contributed by atoms with E-state index in [1.54, 1.807) is 0 Å². The summed E-state index contributed by atoms with van der Waals surface area (Å²) in [6, 6.07) is 10.2. The van der Waals surface area contributed by atoms with Crippen LogP contribution in [0.4, 0.5) is 0 Å². The van der Waals surface area contributed by atoms with Crippen LogP contribution in [0.3, 0.4) is 0 Å². The highest BCUT2D eigenvalue weighted by Gasteiger charge is 1.87. The van der Waals surface area contributed by atoms with Gasteiger partial charge in [-0.3, -0.25) is 0 Å². The van der Waals surface area contributed by atoms with Crippen molar-refractivity contribution in [3.05, 3.63) is 35.9 Å². The van der Waals surface area contributed by atoms with Crippen molar-refractivity contribution in [1.29, 1.82) is 0 Å². The van der Waals surface area contributed by atoms with Crippen molar-refractivity contribution in [3.8, 4) is 0 Å². The monoisotopic (exact) mass is 242 g/mol. The lowest BCUT2D eigenvalue weighted by Crippen LogP contribution is -2.05. The molecule has 0 bridgehead atoms. The fourth-order valence-corrected chi connectivity index (χ4v) is 2.07. The Morgan fingerprint density at radius 3 is 2.13 bits per heavy atom. The summed E-state index contributed by atoms with van der Waals surface area (Å²) >= 11 is 0. The quantitative estimate of drug-likeness (QED) is 0.745. The first-order chi connectivity index (χ1) is 7.20. The maximum Gasteiger partial charge on any atom is 0.170 e. The second-order valence-corrected chi connectivity index (χ2v) is 6.43. The van der Waals surface area contributed by atoms with Gasteiger partial charge in [-0.15, -0.1) is 0 Å². The average molecular weight is 242 g/mol. The summed E-state index contributed by atoms with van der Waals surface area (Å²) in [5.74, 6) is 0. The first-order valence-electron chi connectivity index (χ1n) is 5.35. The fraction of sp³-hybridized carbons (Fsp3) is 0.455. The molecule has 4 heteroatoms. The fourth-order valence-electron chi connectivity index (χ4n) is 1.07. The van der Waals surface area contributed by atoms with E-state index in [9.17, 15) is 0 Å². The number of rotatable bonds is 4. The van der Waals surface area contributed by atoms with Crippen LogP contribution in [0.1, 0.15) is 12.5 Å². The molecular formula is C11H22O2Si2. The van der Waals surface area contributed by atoms with Crippen LogP contribution in [0.2, 0.25) is 13.1 Å². The lowest BCUT2D eigenvalue weighted by atomic mass is 10.2. The number of hydrogen-bond donors (Lipinski definition) is 0. The molecule has 0 aliphatic heterocycles. The molecule has 0 unspecified atom stereocenters. The molecule has 0 saturated carbocycles. The molecule has 0 N–H and O–H groups in total. The summed E-state index contributed by atoms with van der Waals surface area (Å²) in [6.07, 6.45) is 0. The molecule has 0 atom stereocenters. The summed E-state index contributed by atoms with van der Waals surface area (Å²) in [6.45, 7) is 8.04. The van der Waals surface area contributed by atoms with Gasteiger partial charge >= 0.3 is 0 Å². The molecule has 0 saturated heterocycles. The minimum absolute atomic E-state index is 0.671. The molecule has 1 aromatic carbocycles. The molecule has 15 heavy (non-hydrogen) atoms. The van der Waals surface area contributed by atoms with E-state index >= 15 is 0 Å². The second-order valence-electron chi connectivity index (χ2n) is 3.42.